The standard InChI is InChI=1S/C17H18N2S/c1-3-12-9-11-20-17(12)16(18-2)14-8-4-6-13-7-5-10-19-15(13)14/h4-11,16,18H,3H2,1-2H3. The van der Waals surface area contributed by atoms with Gasteiger partial charge in [0, 0.05) is 22.0 Å². The molecule has 20 heavy (non-hydrogen) atoms. The van der Waals surface area contributed by atoms with Gasteiger partial charge in [-0.1, -0.05) is 31.2 Å². The molecule has 1 atom stereocenters. The zero-order valence-corrected chi connectivity index (χ0v) is 12.6. The number of rotatable bonds is 4. The fourth-order valence-corrected chi connectivity index (χ4v) is 3.80. The Balaban J connectivity index is 2.17. The van der Waals surface area contributed by atoms with Gasteiger partial charge in [-0.05, 0) is 36.5 Å². The maximum atomic E-state index is 4.58. The molecule has 2 aromatic heterocycles. The Bertz CT molecular complexity index is 712. The Kier molecular flexibility index (Phi) is 3.81. The van der Waals surface area contributed by atoms with Gasteiger partial charge in [-0.3, -0.25) is 4.98 Å². The molecular weight excluding hydrogens is 264 g/mol. The number of pyridine rings is 1. The van der Waals surface area contributed by atoms with Gasteiger partial charge in [0.05, 0.1) is 11.6 Å². The third-order valence-electron chi connectivity index (χ3n) is 3.69. The van der Waals surface area contributed by atoms with Gasteiger partial charge < -0.3 is 5.32 Å². The Labute approximate surface area is 123 Å². The summed E-state index contributed by atoms with van der Waals surface area (Å²) in [6.07, 6.45) is 2.93. The van der Waals surface area contributed by atoms with Crippen molar-refractivity contribution in [3.05, 3.63) is 64.0 Å². The second kappa shape index (κ2) is 5.73. The normalized spacial score (nSPS) is 12.7. The van der Waals surface area contributed by atoms with Crippen LogP contribution in [0.2, 0.25) is 0 Å². The molecule has 0 aliphatic rings. The fraction of sp³-hybridized carbons (Fsp3) is 0.235. The number of nitrogens with one attached hydrogen (secondary N) is 1. The predicted molar refractivity (Wildman–Crippen MR) is 86.3 cm³/mol. The summed E-state index contributed by atoms with van der Waals surface area (Å²) < 4.78 is 0. The van der Waals surface area contributed by atoms with E-state index in [1.165, 1.54) is 21.4 Å². The zero-order chi connectivity index (χ0) is 13.9. The lowest BCUT2D eigenvalue weighted by Crippen LogP contribution is -2.18. The maximum Gasteiger partial charge on any atom is 0.0753 e. The number of aromatic nitrogens is 1. The smallest absolute Gasteiger partial charge is 0.0753 e. The van der Waals surface area contributed by atoms with Gasteiger partial charge in [0.1, 0.15) is 0 Å². The van der Waals surface area contributed by atoms with Gasteiger partial charge in [-0.15, -0.1) is 11.3 Å². The summed E-state index contributed by atoms with van der Waals surface area (Å²) in [5.74, 6) is 0. The molecule has 1 unspecified atom stereocenters. The lowest BCUT2D eigenvalue weighted by Gasteiger charge is -2.18. The number of para-hydroxylation sites is 1. The predicted octanol–water partition coefficient (Wildman–Crippen LogP) is 4.17. The van der Waals surface area contributed by atoms with E-state index in [-0.39, 0.29) is 6.04 Å². The molecule has 0 spiro atoms. The van der Waals surface area contributed by atoms with Crippen LogP contribution in [0.4, 0.5) is 0 Å². The van der Waals surface area contributed by atoms with Gasteiger partial charge in [0.2, 0.25) is 0 Å². The van der Waals surface area contributed by atoms with E-state index in [1.54, 1.807) is 0 Å². The molecule has 0 bridgehead atoms. The number of hydrogen-bond donors (Lipinski definition) is 1. The summed E-state index contributed by atoms with van der Waals surface area (Å²) in [7, 11) is 2.02. The first-order valence-electron chi connectivity index (χ1n) is 6.92. The van der Waals surface area contributed by atoms with E-state index in [2.05, 4.69) is 52.9 Å². The number of nitrogens with zero attached hydrogens (tertiary/aromatic N) is 1. The van der Waals surface area contributed by atoms with Crippen LogP contribution in [0.5, 0.6) is 0 Å². The highest BCUT2D eigenvalue weighted by Gasteiger charge is 2.19. The summed E-state index contributed by atoms with van der Waals surface area (Å²) in [6.45, 7) is 2.21. The second-order valence-electron chi connectivity index (χ2n) is 4.81. The Morgan fingerprint density at radius 3 is 2.85 bits per heavy atom. The van der Waals surface area contributed by atoms with Crippen molar-refractivity contribution in [2.24, 2.45) is 0 Å². The number of thiophene rings is 1. The van der Waals surface area contributed by atoms with E-state index in [0.29, 0.717) is 0 Å². The average molecular weight is 282 g/mol. The lowest BCUT2D eigenvalue weighted by atomic mass is 9.99. The molecule has 2 heterocycles. The van der Waals surface area contributed by atoms with Crippen molar-refractivity contribution in [1.29, 1.82) is 0 Å². The maximum absolute atomic E-state index is 4.58. The van der Waals surface area contributed by atoms with E-state index in [0.717, 1.165) is 11.9 Å². The number of fused-ring (bicyclic) bond motifs is 1. The quantitative estimate of drug-likeness (QED) is 0.777. The molecule has 2 nitrogen and oxygen atoms in total. The summed E-state index contributed by atoms with van der Waals surface area (Å²) in [5.41, 5.74) is 3.76. The molecule has 3 rings (SSSR count). The molecular formula is C17H18N2S. The van der Waals surface area contributed by atoms with Crippen LogP contribution in [-0.2, 0) is 6.42 Å². The Morgan fingerprint density at radius 1 is 1.20 bits per heavy atom. The zero-order valence-electron chi connectivity index (χ0n) is 11.8. The molecule has 102 valence electrons. The van der Waals surface area contributed by atoms with Crippen LogP contribution in [0.1, 0.15) is 29.0 Å². The van der Waals surface area contributed by atoms with Gasteiger partial charge in [-0.2, -0.15) is 0 Å². The molecule has 0 radical (unpaired) electrons. The van der Waals surface area contributed by atoms with Gasteiger partial charge in [0.25, 0.3) is 0 Å². The lowest BCUT2D eigenvalue weighted by molar-refractivity contribution is 0.701. The summed E-state index contributed by atoms with van der Waals surface area (Å²) in [6, 6.07) is 13.0. The second-order valence-corrected chi connectivity index (χ2v) is 5.76. The first-order valence-corrected chi connectivity index (χ1v) is 7.80. The minimum absolute atomic E-state index is 0.212. The van der Waals surface area contributed by atoms with Gasteiger partial charge in [0.15, 0.2) is 0 Å². The van der Waals surface area contributed by atoms with Crippen LogP contribution in [0, 0.1) is 0 Å². The molecule has 3 aromatic rings. The molecule has 0 aliphatic carbocycles. The van der Waals surface area contributed by atoms with Crippen LogP contribution in [0.3, 0.4) is 0 Å². The van der Waals surface area contributed by atoms with Gasteiger partial charge in [-0.25, -0.2) is 0 Å². The molecule has 0 aliphatic heterocycles. The topological polar surface area (TPSA) is 24.9 Å². The fourth-order valence-electron chi connectivity index (χ4n) is 2.68. The Hall–Kier alpha value is -1.71. The molecule has 0 saturated heterocycles. The van der Waals surface area contributed by atoms with Crippen LogP contribution < -0.4 is 5.32 Å². The first kappa shape index (κ1) is 13.3. The van der Waals surface area contributed by atoms with E-state index in [9.17, 15) is 0 Å². The highest BCUT2D eigenvalue weighted by molar-refractivity contribution is 7.10. The summed E-state index contributed by atoms with van der Waals surface area (Å²) in [4.78, 5) is 5.98. The minimum Gasteiger partial charge on any atom is -0.309 e. The van der Waals surface area contributed by atoms with Crippen molar-refractivity contribution < 1.29 is 0 Å². The van der Waals surface area contributed by atoms with E-state index in [4.69, 9.17) is 0 Å². The SMILES string of the molecule is CCc1ccsc1C(NC)c1cccc2cccnc12. The third-order valence-corrected chi connectivity index (χ3v) is 4.71. The molecule has 1 aromatic carbocycles. The molecule has 0 fully saturated rings. The molecule has 1 N–H and O–H groups in total. The number of aryl methyl sites for hydroxylation is 1. The number of benzene rings is 1. The first-order chi connectivity index (χ1) is 9.85. The summed E-state index contributed by atoms with van der Waals surface area (Å²) >= 11 is 1.82. The van der Waals surface area contributed by atoms with Crippen molar-refractivity contribution in [3.8, 4) is 0 Å². The van der Waals surface area contributed by atoms with Crippen molar-refractivity contribution in [1.82, 2.24) is 10.3 Å². The van der Waals surface area contributed by atoms with Crippen LogP contribution in [0.15, 0.2) is 48.0 Å². The van der Waals surface area contributed by atoms with Crippen molar-refractivity contribution >= 4 is 22.2 Å². The number of hydrogen-bond acceptors (Lipinski definition) is 3. The molecule has 3 heteroatoms. The van der Waals surface area contributed by atoms with Crippen LogP contribution >= 0.6 is 11.3 Å². The van der Waals surface area contributed by atoms with Crippen molar-refractivity contribution in [2.45, 2.75) is 19.4 Å². The van der Waals surface area contributed by atoms with E-state index >= 15 is 0 Å². The van der Waals surface area contributed by atoms with E-state index < -0.39 is 0 Å². The van der Waals surface area contributed by atoms with Gasteiger partial charge >= 0.3 is 0 Å². The van der Waals surface area contributed by atoms with Crippen LogP contribution in [0.25, 0.3) is 10.9 Å². The largest absolute Gasteiger partial charge is 0.309 e. The molecule has 0 saturated carbocycles. The third kappa shape index (κ3) is 2.23. The Morgan fingerprint density at radius 2 is 2.05 bits per heavy atom. The van der Waals surface area contributed by atoms with Crippen LogP contribution in [-0.4, -0.2) is 12.0 Å². The van der Waals surface area contributed by atoms with E-state index in [1.807, 2.05) is 30.6 Å². The minimum atomic E-state index is 0.212. The van der Waals surface area contributed by atoms with Crippen molar-refractivity contribution in [3.63, 3.8) is 0 Å². The average Bonchev–Trinajstić information content (AvgIpc) is 2.97. The monoisotopic (exact) mass is 282 g/mol. The summed E-state index contributed by atoms with van der Waals surface area (Å²) in [5, 5.41) is 6.83. The highest BCUT2D eigenvalue weighted by Crippen LogP contribution is 2.32. The van der Waals surface area contributed by atoms with Crippen molar-refractivity contribution in [2.75, 3.05) is 7.05 Å². The highest BCUT2D eigenvalue weighted by atomic mass is 32.1. The molecule has 0 amide bonds.